The summed E-state index contributed by atoms with van der Waals surface area (Å²) >= 11 is 0. The highest BCUT2D eigenvalue weighted by Gasteiger charge is 2.38. The Morgan fingerprint density at radius 2 is 1.89 bits per heavy atom. The van der Waals surface area contributed by atoms with Crippen LogP contribution in [0.1, 0.15) is 25.5 Å². The van der Waals surface area contributed by atoms with Crippen molar-refractivity contribution in [2.24, 2.45) is 5.73 Å². The second-order valence-electron chi connectivity index (χ2n) is 4.96. The number of nitrogens with two attached hydrogens (primary N) is 1. The molecule has 0 spiro atoms. The molecule has 1 fully saturated rings. The molecule has 0 aromatic heterocycles. The fourth-order valence-electron chi connectivity index (χ4n) is 1.67. The molecule has 1 aromatic carbocycles. The lowest BCUT2D eigenvalue weighted by Gasteiger charge is -2.34. The van der Waals surface area contributed by atoms with Crippen LogP contribution in [-0.2, 0) is 13.6 Å². The average molecular weight is 270 g/mol. The zero-order chi connectivity index (χ0) is 13.2. The van der Waals surface area contributed by atoms with Crippen LogP contribution in [0.5, 0.6) is 0 Å². The van der Waals surface area contributed by atoms with Crippen LogP contribution in [-0.4, -0.2) is 18.8 Å². The van der Waals surface area contributed by atoms with Gasteiger partial charge in [-0.25, -0.2) is 9.65 Å². The van der Waals surface area contributed by atoms with E-state index in [1.807, 2.05) is 37.3 Å². The van der Waals surface area contributed by atoms with Crippen molar-refractivity contribution < 1.29 is 13.6 Å². The Morgan fingerprint density at radius 3 is 2.44 bits per heavy atom. The molecule has 0 amide bonds. The molecule has 1 heterocycles. The number of benzene rings is 1. The van der Waals surface area contributed by atoms with Crippen molar-refractivity contribution in [2.45, 2.75) is 25.4 Å². The zero-order valence-electron chi connectivity index (χ0n) is 10.6. The van der Waals surface area contributed by atoms with E-state index in [2.05, 4.69) is 5.09 Å². The zero-order valence-corrected chi connectivity index (χ0v) is 11.5. The summed E-state index contributed by atoms with van der Waals surface area (Å²) in [7, 11) is -3.24. The van der Waals surface area contributed by atoms with Crippen LogP contribution in [0.4, 0.5) is 0 Å². The van der Waals surface area contributed by atoms with Crippen LogP contribution in [0, 0.1) is 0 Å². The molecule has 1 aromatic rings. The predicted molar refractivity (Wildman–Crippen MR) is 70.1 cm³/mol. The Kier molecular flexibility index (Phi) is 3.90. The fourth-order valence-corrected chi connectivity index (χ4v) is 3.45. The molecular formula is C12H19N2O3P. The van der Waals surface area contributed by atoms with E-state index in [1.165, 1.54) is 0 Å². The molecule has 1 aliphatic rings. The van der Waals surface area contributed by atoms with Gasteiger partial charge in [-0.1, -0.05) is 30.3 Å². The van der Waals surface area contributed by atoms with Gasteiger partial charge in [0.1, 0.15) is 0 Å². The third kappa shape index (κ3) is 3.40. The van der Waals surface area contributed by atoms with E-state index < -0.39 is 13.3 Å². The molecule has 1 unspecified atom stereocenters. The number of nitrogens with one attached hydrogen (secondary N) is 1. The van der Waals surface area contributed by atoms with Gasteiger partial charge in [0.2, 0.25) is 0 Å². The molecule has 2 rings (SSSR count). The molecule has 5 nitrogen and oxygen atoms in total. The topological polar surface area (TPSA) is 73.6 Å². The minimum absolute atomic E-state index is 0.112. The first kappa shape index (κ1) is 13.7. The Bertz CT molecular complexity index is 436. The van der Waals surface area contributed by atoms with Gasteiger partial charge >= 0.3 is 7.75 Å². The molecule has 1 saturated heterocycles. The minimum Gasteiger partial charge on any atom is -0.321 e. The van der Waals surface area contributed by atoms with Crippen LogP contribution >= 0.6 is 7.75 Å². The van der Waals surface area contributed by atoms with E-state index in [0.29, 0.717) is 0 Å². The van der Waals surface area contributed by atoms with Gasteiger partial charge in [0.15, 0.2) is 0 Å². The van der Waals surface area contributed by atoms with Gasteiger partial charge in [-0.15, -0.1) is 0 Å². The van der Waals surface area contributed by atoms with Gasteiger partial charge in [-0.2, -0.15) is 0 Å². The molecule has 6 heteroatoms. The Morgan fingerprint density at radius 1 is 1.33 bits per heavy atom. The van der Waals surface area contributed by atoms with Gasteiger partial charge in [0.25, 0.3) is 0 Å². The minimum atomic E-state index is -3.24. The van der Waals surface area contributed by atoms with E-state index in [-0.39, 0.29) is 19.3 Å². The van der Waals surface area contributed by atoms with Crippen LogP contribution in [0.3, 0.4) is 0 Å². The molecule has 0 saturated carbocycles. The first-order valence-corrected chi connectivity index (χ1v) is 7.45. The summed E-state index contributed by atoms with van der Waals surface area (Å²) in [4.78, 5) is 0. The molecule has 1 atom stereocenters. The quantitative estimate of drug-likeness (QED) is 0.824. The van der Waals surface area contributed by atoms with E-state index in [9.17, 15) is 4.57 Å². The summed E-state index contributed by atoms with van der Waals surface area (Å²) in [6.07, 6.45) is 0. The monoisotopic (exact) mass is 270 g/mol. The second kappa shape index (κ2) is 5.11. The lowest BCUT2D eigenvalue weighted by atomic mass is 10.1. The summed E-state index contributed by atoms with van der Waals surface area (Å²) in [6.45, 7) is 4.16. The molecule has 1 aliphatic heterocycles. The predicted octanol–water partition coefficient (Wildman–Crippen LogP) is 2.21. The summed E-state index contributed by atoms with van der Waals surface area (Å²) in [5, 5.41) is 2.90. The first-order valence-electron chi connectivity index (χ1n) is 5.91. The molecule has 18 heavy (non-hydrogen) atoms. The highest BCUT2D eigenvalue weighted by atomic mass is 31.2. The van der Waals surface area contributed by atoms with E-state index in [0.717, 1.165) is 5.56 Å². The SMILES string of the molecule is CC(NP1(=O)OCC(C)(N)CO1)c1ccccc1. The second-order valence-corrected chi connectivity index (χ2v) is 6.73. The molecule has 0 radical (unpaired) electrons. The first-order chi connectivity index (χ1) is 8.40. The summed E-state index contributed by atoms with van der Waals surface area (Å²) in [6, 6.07) is 9.61. The molecule has 3 N–H and O–H groups in total. The van der Waals surface area contributed by atoms with E-state index >= 15 is 0 Å². The Balaban J connectivity index is 2.00. The highest BCUT2D eigenvalue weighted by molar-refractivity contribution is 7.51. The third-order valence-electron chi connectivity index (χ3n) is 2.78. The lowest BCUT2D eigenvalue weighted by molar-refractivity contribution is 0.0743. The largest absolute Gasteiger partial charge is 0.406 e. The third-order valence-corrected chi connectivity index (χ3v) is 4.42. The summed E-state index contributed by atoms with van der Waals surface area (Å²) < 4.78 is 22.8. The maximum atomic E-state index is 12.3. The standard InChI is InChI=1S/C12H19N2O3P/c1-10(11-6-4-3-5-7-11)14-18(15)16-8-12(2,13)9-17-18/h3-7,10H,8-9,13H2,1-2H3,(H,14,15). The van der Waals surface area contributed by atoms with Gasteiger partial charge in [0, 0.05) is 6.04 Å². The fraction of sp³-hybridized carbons (Fsp3) is 0.500. The average Bonchev–Trinajstić information content (AvgIpc) is 2.35. The molecule has 0 bridgehead atoms. The molecule has 0 aliphatic carbocycles. The van der Waals surface area contributed by atoms with E-state index in [1.54, 1.807) is 6.92 Å². The van der Waals surface area contributed by atoms with Crippen molar-refractivity contribution in [3.05, 3.63) is 35.9 Å². The van der Waals surface area contributed by atoms with Crippen molar-refractivity contribution in [3.63, 3.8) is 0 Å². The van der Waals surface area contributed by atoms with Crippen molar-refractivity contribution in [1.82, 2.24) is 5.09 Å². The molecule has 100 valence electrons. The highest BCUT2D eigenvalue weighted by Crippen LogP contribution is 2.49. The summed E-state index contributed by atoms with van der Waals surface area (Å²) in [5.74, 6) is 0. The lowest BCUT2D eigenvalue weighted by Crippen LogP contribution is -2.49. The van der Waals surface area contributed by atoms with Crippen LogP contribution in [0.25, 0.3) is 0 Å². The number of rotatable bonds is 3. The van der Waals surface area contributed by atoms with Crippen molar-refractivity contribution in [2.75, 3.05) is 13.2 Å². The van der Waals surface area contributed by atoms with Gasteiger partial charge in [-0.3, -0.25) is 9.05 Å². The number of hydrogen-bond donors (Lipinski definition) is 2. The maximum Gasteiger partial charge on any atom is 0.406 e. The Hall–Kier alpha value is -0.710. The smallest absolute Gasteiger partial charge is 0.321 e. The maximum absolute atomic E-state index is 12.3. The van der Waals surface area contributed by atoms with Crippen molar-refractivity contribution in [3.8, 4) is 0 Å². The van der Waals surface area contributed by atoms with Crippen LogP contribution < -0.4 is 10.8 Å². The van der Waals surface area contributed by atoms with Gasteiger partial charge in [0.05, 0.1) is 18.8 Å². The molecular weight excluding hydrogens is 251 g/mol. The summed E-state index contributed by atoms with van der Waals surface area (Å²) in [5.41, 5.74) is 6.29. The van der Waals surface area contributed by atoms with E-state index in [4.69, 9.17) is 14.8 Å². The van der Waals surface area contributed by atoms with Crippen LogP contribution in [0.2, 0.25) is 0 Å². The van der Waals surface area contributed by atoms with Crippen molar-refractivity contribution >= 4 is 7.75 Å². The normalized spacial score (nSPS) is 34.2. The van der Waals surface area contributed by atoms with Crippen molar-refractivity contribution in [1.29, 1.82) is 0 Å². The van der Waals surface area contributed by atoms with Gasteiger partial charge < -0.3 is 5.73 Å². The van der Waals surface area contributed by atoms with Gasteiger partial charge in [-0.05, 0) is 19.4 Å². The van der Waals surface area contributed by atoms with Crippen LogP contribution in [0.15, 0.2) is 30.3 Å². The number of hydrogen-bond acceptors (Lipinski definition) is 4. The Labute approximate surface area is 107 Å².